The van der Waals surface area contributed by atoms with Crippen molar-refractivity contribution in [3.63, 3.8) is 0 Å². The molecule has 0 bridgehead atoms. The molecule has 0 unspecified atom stereocenters. The molecule has 3 rings (SSSR count). The predicted octanol–water partition coefficient (Wildman–Crippen LogP) is 5.90. The first-order valence-corrected chi connectivity index (χ1v) is 7.92. The molecule has 0 amide bonds. The third kappa shape index (κ3) is 3.45. The van der Waals surface area contributed by atoms with Crippen LogP contribution in [-0.4, -0.2) is 0 Å². The van der Waals surface area contributed by atoms with Crippen LogP contribution in [-0.2, 0) is 0 Å². The van der Waals surface area contributed by atoms with E-state index in [0.29, 0.717) is 0 Å². The summed E-state index contributed by atoms with van der Waals surface area (Å²) in [5, 5.41) is 0. The molecule has 1 aliphatic rings. The van der Waals surface area contributed by atoms with Crippen LogP contribution in [0, 0.1) is 6.92 Å². The molecule has 0 heterocycles. The molecule has 0 saturated heterocycles. The molecule has 0 spiro atoms. The molecular formula is C19H17BrO. The molecule has 0 aliphatic heterocycles. The fourth-order valence-corrected chi connectivity index (χ4v) is 2.69. The number of allylic oxidation sites excluding steroid dienone is 3. The second-order valence-electron chi connectivity index (χ2n) is 5.19. The standard InChI is InChI=1S/C19H17BrO/c1-14-12-16(10-11-19(14)20)15-6-5-9-18(13-15)21-17-7-3-2-4-8-17/h2-4,7-13H,5-6H2,1H3. The molecule has 0 atom stereocenters. The van der Waals surface area contributed by atoms with Crippen molar-refractivity contribution in [3.05, 3.63) is 82.0 Å². The van der Waals surface area contributed by atoms with Gasteiger partial charge < -0.3 is 4.74 Å². The van der Waals surface area contributed by atoms with Gasteiger partial charge in [0.15, 0.2) is 0 Å². The SMILES string of the molecule is Cc1cc(C2=CC(Oc3ccccc3)=CCC2)ccc1Br. The summed E-state index contributed by atoms with van der Waals surface area (Å²) in [4.78, 5) is 0. The Kier molecular flexibility index (Phi) is 4.26. The van der Waals surface area contributed by atoms with Crippen LogP contribution >= 0.6 is 15.9 Å². The van der Waals surface area contributed by atoms with Crippen molar-refractivity contribution < 1.29 is 4.74 Å². The Hall–Kier alpha value is -1.80. The normalized spacial score (nSPS) is 14.4. The molecule has 2 heteroatoms. The average molecular weight is 341 g/mol. The van der Waals surface area contributed by atoms with E-state index in [1.165, 1.54) is 16.7 Å². The van der Waals surface area contributed by atoms with E-state index < -0.39 is 0 Å². The van der Waals surface area contributed by atoms with E-state index in [9.17, 15) is 0 Å². The van der Waals surface area contributed by atoms with Gasteiger partial charge in [-0.3, -0.25) is 0 Å². The van der Waals surface area contributed by atoms with Gasteiger partial charge in [0.05, 0.1) is 0 Å². The van der Waals surface area contributed by atoms with Crippen LogP contribution in [0.1, 0.15) is 24.0 Å². The zero-order chi connectivity index (χ0) is 14.7. The monoisotopic (exact) mass is 340 g/mol. The molecule has 2 aromatic rings. The minimum Gasteiger partial charge on any atom is -0.458 e. The first kappa shape index (κ1) is 14.2. The Bertz CT molecular complexity index is 699. The van der Waals surface area contributed by atoms with Crippen molar-refractivity contribution in [2.75, 3.05) is 0 Å². The van der Waals surface area contributed by atoms with Gasteiger partial charge in [-0.05, 0) is 66.8 Å². The van der Waals surface area contributed by atoms with Gasteiger partial charge >= 0.3 is 0 Å². The molecule has 106 valence electrons. The van der Waals surface area contributed by atoms with E-state index in [4.69, 9.17) is 4.74 Å². The van der Waals surface area contributed by atoms with Gasteiger partial charge in [-0.25, -0.2) is 0 Å². The summed E-state index contributed by atoms with van der Waals surface area (Å²) >= 11 is 3.55. The largest absolute Gasteiger partial charge is 0.458 e. The van der Waals surface area contributed by atoms with E-state index in [-0.39, 0.29) is 0 Å². The van der Waals surface area contributed by atoms with Crippen molar-refractivity contribution in [2.45, 2.75) is 19.8 Å². The van der Waals surface area contributed by atoms with E-state index in [0.717, 1.165) is 28.8 Å². The summed E-state index contributed by atoms with van der Waals surface area (Å²) < 4.78 is 7.09. The lowest BCUT2D eigenvalue weighted by Gasteiger charge is -2.16. The second kappa shape index (κ2) is 6.31. The number of halogens is 1. The number of benzene rings is 2. The fourth-order valence-electron chi connectivity index (χ4n) is 2.44. The van der Waals surface area contributed by atoms with Gasteiger partial charge in [-0.2, -0.15) is 0 Å². The van der Waals surface area contributed by atoms with Crippen molar-refractivity contribution in [3.8, 4) is 5.75 Å². The first-order chi connectivity index (χ1) is 10.2. The summed E-state index contributed by atoms with van der Waals surface area (Å²) in [6.07, 6.45) is 6.38. The minimum absolute atomic E-state index is 0.883. The van der Waals surface area contributed by atoms with E-state index >= 15 is 0 Å². The molecular weight excluding hydrogens is 324 g/mol. The van der Waals surface area contributed by atoms with Gasteiger partial charge in [0.25, 0.3) is 0 Å². The van der Waals surface area contributed by atoms with Crippen LogP contribution < -0.4 is 4.74 Å². The number of hydrogen-bond acceptors (Lipinski definition) is 1. The molecule has 1 aliphatic carbocycles. The summed E-state index contributed by atoms with van der Waals surface area (Å²) in [6, 6.07) is 16.4. The lowest BCUT2D eigenvalue weighted by Crippen LogP contribution is -1.99. The smallest absolute Gasteiger partial charge is 0.127 e. The number of hydrogen-bond donors (Lipinski definition) is 0. The van der Waals surface area contributed by atoms with Crippen molar-refractivity contribution in [1.29, 1.82) is 0 Å². The van der Waals surface area contributed by atoms with E-state index in [1.54, 1.807) is 0 Å². The van der Waals surface area contributed by atoms with Crippen LogP contribution in [0.2, 0.25) is 0 Å². The quantitative estimate of drug-likeness (QED) is 0.676. The van der Waals surface area contributed by atoms with Crippen LogP contribution in [0.5, 0.6) is 5.75 Å². The topological polar surface area (TPSA) is 9.23 Å². The molecule has 0 saturated carbocycles. The van der Waals surface area contributed by atoms with Gasteiger partial charge in [-0.1, -0.05) is 46.3 Å². The highest BCUT2D eigenvalue weighted by molar-refractivity contribution is 9.10. The minimum atomic E-state index is 0.883. The maximum absolute atomic E-state index is 5.94. The van der Waals surface area contributed by atoms with E-state index in [1.807, 2.05) is 30.3 Å². The van der Waals surface area contributed by atoms with Crippen molar-refractivity contribution in [1.82, 2.24) is 0 Å². The van der Waals surface area contributed by atoms with Crippen LogP contribution in [0.4, 0.5) is 0 Å². The maximum Gasteiger partial charge on any atom is 0.127 e. The third-order valence-corrected chi connectivity index (χ3v) is 4.47. The predicted molar refractivity (Wildman–Crippen MR) is 91.2 cm³/mol. The van der Waals surface area contributed by atoms with Gasteiger partial charge in [0, 0.05) is 4.47 Å². The first-order valence-electron chi connectivity index (χ1n) is 7.12. The molecule has 0 fully saturated rings. The number of para-hydroxylation sites is 1. The highest BCUT2D eigenvalue weighted by atomic mass is 79.9. The fraction of sp³-hybridized carbons (Fsp3) is 0.158. The lowest BCUT2D eigenvalue weighted by atomic mass is 9.95. The average Bonchev–Trinajstić information content (AvgIpc) is 2.51. The van der Waals surface area contributed by atoms with Gasteiger partial charge in [-0.15, -0.1) is 0 Å². The Morgan fingerprint density at radius 2 is 1.86 bits per heavy atom. The summed E-state index contributed by atoms with van der Waals surface area (Å²) in [5.41, 5.74) is 3.87. The Balaban J connectivity index is 1.83. The molecule has 0 aromatic heterocycles. The molecule has 0 radical (unpaired) electrons. The summed E-state index contributed by atoms with van der Waals surface area (Å²) in [5.74, 6) is 1.82. The zero-order valence-corrected chi connectivity index (χ0v) is 13.6. The maximum atomic E-state index is 5.94. The van der Waals surface area contributed by atoms with E-state index in [2.05, 4.69) is 53.2 Å². The Morgan fingerprint density at radius 3 is 2.62 bits per heavy atom. The molecule has 2 aromatic carbocycles. The van der Waals surface area contributed by atoms with Gasteiger partial charge in [0.1, 0.15) is 11.5 Å². The molecule has 21 heavy (non-hydrogen) atoms. The lowest BCUT2D eigenvalue weighted by molar-refractivity contribution is 0.440. The number of aryl methyl sites for hydroxylation is 1. The zero-order valence-electron chi connectivity index (χ0n) is 12.0. The van der Waals surface area contributed by atoms with Crippen LogP contribution in [0.25, 0.3) is 5.57 Å². The third-order valence-electron chi connectivity index (χ3n) is 3.58. The molecule has 0 N–H and O–H groups in total. The number of rotatable bonds is 3. The Labute approximate surface area is 134 Å². The summed E-state index contributed by atoms with van der Waals surface area (Å²) in [6.45, 7) is 2.12. The van der Waals surface area contributed by atoms with Crippen LogP contribution in [0.3, 0.4) is 0 Å². The number of ether oxygens (including phenoxy) is 1. The Morgan fingerprint density at radius 1 is 1.05 bits per heavy atom. The second-order valence-corrected chi connectivity index (χ2v) is 6.05. The highest BCUT2D eigenvalue weighted by Gasteiger charge is 2.10. The molecule has 1 nitrogen and oxygen atoms in total. The van der Waals surface area contributed by atoms with Gasteiger partial charge in [0.2, 0.25) is 0 Å². The van der Waals surface area contributed by atoms with Crippen LogP contribution in [0.15, 0.2) is 70.9 Å². The van der Waals surface area contributed by atoms with Crippen molar-refractivity contribution in [2.24, 2.45) is 0 Å². The van der Waals surface area contributed by atoms with Crippen molar-refractivity contribution >= 4 is 21.5 Å². The summed E-state index contributed by atoms with van der Waals surface area (Å²) in [7, 11) is 0. The highest BCUT2D eigenvalue weighted by Crippen LogP contribution is 2.30.